The molecule has 0 aliphatic heterocycles. The average Bonchev–Trinajstić information content (AvgIpc) is 3.08. The molecule has 4 aromatic rings. The van der Waals surface area contributed by atoms with Gasteiger partial charge >= 0.3 is 0 Å². The SMILES string of the molecule is CCC(C)(CC)Oc1c(C)cc(S(=O)(=O)c2cc(C)c(Oc3c(F)c(F)c(-c4c(F)c(F)c(C(C)(C)CC)c(F)c4F)c(F)c3F)c(C)c2)cc1C. The lowest BCUT2D eigenvalue weighted by Gasteiger charge is -2.30. The minimum absolute atomic E-state index is 0.00249. The summed E-state index contributed by atoms with van der Waals surface area (Å²) in [4.78, 5) is -0.292. The van der Waals surface area contributed by atoms with Gasteiger partial charge < -0.3 is 9.47 Å². The molecule has 52 heavy (non-hydrogen) atoms. The molecule has 0 radical (unpaired) electrons. The van der Waals surface area contributed by atoms with E-state index in [4.69, 9.17) is 9.47 Å². The number of hydrogen-bond acceptors (Lipinski definition) is 4. The summed E-state index contributed by atoms with van der Waals surface area (Å²) in [5.41, 5.74) is -5.88. The van der Waals surface area contributed by atoms with Gasteiger partial charge in [-0.05, 0) is 106 Å². The minimum Gasteiger partial charge on any atom is -0.487 e. The summed E-state index contributed by atoms with van der Waals surface area (Å²) >= 11 is 0. The normalized spacial score (nSPS) is 12.4. The highest BCUT2D eigenvalue weighted by Crippen LogP contribution is 2.44. The molecule has 0 amide bonds. The molecule has 0 heterocycles. The van der Waals surface area contributed by atoms with Crippen molar-refractivity contribution in [3.63, 3.8) is 0 Å². The Hall–Kier alpha value is -4.13. The minimum atomic E-state index is -4.20. The maximum absolute atomic E-state index is 15.4. The summed E-state index contributed by atoms with van der Waals surface area (Å²) < 4.78 is 161. The van der Waals surface area contributed by atoms with E-state index in [1.165, 1.54) is 46.8 Å². The fourth-order valence-electron chi connectivity index (χ4n) is 5.88. The summed E-state index contributed by atoms with van der Waals surface area (Å²) in [6, 6.07) is 5.17. The summed E-state index contributed by atoms with van der Waals surface area (Å²) in [7, 11) is -4.20. The summed E-state index contributed by atoms with van der Waals surface area (Å²) in [6.07, 6.45) is 1.44. The maximum atomic E-state index is 15.4. The standard InChI is InChI=1S/C39H40F8O4S/c1-11-38(8,9)26-31(44)27(40)24(28(41)32(26)45)25-29(42)33(46)37(34(47)30(25)43)50-35-18(4)14-22(15-19(35)5)52(48,49)23-16-20(6)36(21(7)17-23)51-39(10,12-2)13-3/h14-17H,11-13H2,1-10H3. The van der Waals surface area contributed by atoms with Crippen molar-refractivity contribution in [3.8, 4) is 28.4 Å². The van der Waals surface area contributed by atoms with E-state index >= 15 is 35.1 Å². The zero-order valence-corrected chi connectivity index (χ0v) is 31.3. The van der Waals surface area contributed by atoms with Crippen molar-refractivity contribution < 1.29 is 53.0 Å². The van der Waals surface area contributed by atoms with Gasteiger partial charge in [0.15, 0.2) is 34.9 Å². The van der Waals surface area contributed by atoms with E-state index in [0.29, 0.717) is 16.9 Å². The van der Waals surface area contributed by atoms with Gasteiger partial charge in [-0.3, -0.25) is 0 Å². The van der Waals surface area contributed by atoms with Gasteiger partial charge in [-0.1, -0.05) is 34.6 Å². The maximum Gasteiger partial charge on any atom is 0.206 e. The van der Waals surface area contributed by atoms with Gasteiger partial charge in [-0.25, -0.2) is 34.8 Å². The van der Waals surface area contributed by atoms with Crippen molar-refractivity contribution in [1.82, 2.24) is 0 Å². The number of rotatable bonds is 11. The van der Waals surface area contributed by atoms with E-state index in [9.17, 15) is 8.42 Å². The van der Waals surface area contributed by atoms with Crippen LogP contribution in [0.1, 0.15) is 88.6 Å². The van der Waals surface area contributed by atoms with E-state index in [-0.39, 0.29) is 27.3 Å². The van der Waals surface area contributed by atoms with Crippen LogP contribution in [-0.2, 0) is 15.3 Å². The molecular weight excluding hydrogens is 716 g/mol. The molecule has 4 aromatic carbocycles. The van der Waals surface area contributed by atoms with Gasteiger partial charge in [0.1, 0.15) is 17.1 Å². The first-order chi connectivity index (χ1) is 24.0. The largest absolute Gasteiger partial charge is 0.487 e. The molecule has 0 aliphatic rings. The van der Waals surface area contributed by atoms with E-state index in [1.54, 1.807) is 13.8 Å². The van der Waals surface area contributed by atoms with Crippen molar-refractivity contribution in [2.24, 2.45) is 0 Å². The van der Waals surface area contributed by atoms with E-state index in [1.807, 2.05) is 20.8 Å². The van der Waals surface area contributed by atoms with Gasteiger partial charge in [0, 0.05) is 5.56 Å². The van der Waals surface area contributed by atoms with Crippen LogP contribution < -0.4 is 9.47 Å². The fraction of sp³-hybridized carbons (Fsp3) is 0.385. The lowest BCUT2D eigenvalue weighted by molar-refractivity contribution is 0.0785. The lowest BCUT2D eigenvalue weighted by Crippen LogP contribution is -2.31. The second kappa shape index (κ2) is 14.4. The Morgan fingerprint density at radius 2 is 0.865 bits per heavy atom. The van der Waals surface area contributed by atoms with Crippen LogP contribution in [0.25, 0.3) is 11.1 Å². The van der Waals surface area contributed by atoms with Crippen LogP contribution in [0.4, 0.5) is 35.1 Å². The smallest absolute Gasteiger partial charge is 0.206 e. The third-order valence-electron chi connectivity index (χ3n) is 9.83. The molecule has 0 fully saturated rings. The van der Waals surface area contributed by atoms with Crippen LogP contribution in [0, 0.1) is 74.2 Å². The van der Waals surface area contributed by atoms with Crippen LogP contribution in [0.3, 0.4) is 0 Å². The Bertz CT molecular complexity index is 2090. The number of sulfone groups is 1. The number of hydrogen-bond donors (Lipinski definition) is 0. The molecule has 0 spiro atoms. The molecule has 0 N–H and O–H groups in total. The highest BCUT2D eigenvalue weighted by molar-refractivity contribution is 7.91. The molecule has 0 saturated heterocycles. The Morgan fingerprint density at radius 3 is 1.21 bits per heavy atom. The predicted molar refractivity (Wildman–Crippen MR) is 182 cm³/mol. The summed E-state index contributed by atoms with van der Waals surface area (Å²) in [6.45, 7) is 16.0. The lowest BCUT2D eigenvalue weighted by atomic mass is 9.80. The third-order valence-corrected chi connectivity index (χ3v) is 11.5. The molecule has 0 unspecified atom stereocenters. The van der Waals surface area contributed by atoms with Crippen molar-refractivity contribution >= 4 is 9.84 Å². The Kier molecular flexibility index (Phi) is 11.2. The van der Waals surface area contributed by atoms with Crippen LogP contribution >= 0.6 is 0 Å². The van der Waals surface area contributed by atoms with Gasteiger partial charge in [0.2, 0.25) is 27.2 Å². The highest BCUT2D eigenvalue weighted by atomic mass is 32.2. The Labute approximate surface area is 298 Å². The number of benzene rings is 4. The highest BCUT2D eigenvalue weighted by Gasteiger charge is 2.38. The zero-order valence-electron chi connectivity index (χ0n) is 30.5. The number of aryl methyl sites for hydroxylation is 4. The van der Waals surface area contributed by atoms with Gasteiger partial charge in [0.25, 0.3) is 0 Å². The predicted octanol–water partition coefficient (Wildman–Crippen LogP) is 12.0. The quantitative estimate of drug-likeness (QED) is 0.113. The second-order valence-corrected chi connectivity index (χ2v) is 15.8. The molecule has 0 aromatic heterocycles. The van der Waals surface area contributed by atoms with Crippen LogP contribution in [0.5, 0.6) is 17.2 Å². The fourth-order valence-corrected chi connectivity index (χ4v) is 7.47. The van der Waals surface area contributed by atoms with Gasteiger partial charge in [-0.15, -0.1) is 0 Å². The van der Waals surface area contributed by atoms with Crippen molar-refractivity contribution in [1.29, 1.82) is 0 Å². The third kappa shape index (κ3) is 6.88. The second-order valence-electron chi connectivity index (χ2n) is 13.8. The zero-order chi connectivity index (χ0) is 39.4. The molecule has 0 atom stereocenters. The molecule has 13 heteroatoms. The molecule has 0 aliphatic carbocycles. The van der Waals surface area contributed by atoms with Crippen LogP contribution in [-0.4, -0.2) is 14.0 Å². The number of halogens is 8. The molecular formula is C39H40F8O4S. The summed E-state index contributed by atoms with van der Waals surface area (Å²) in [5.74, 6) is -19.3. The van der Waals surface area contributed by atoms with Crippen LogP contribution in [0.15, 0.2) is 34.1 Å². The summed E-state index contributed by atoms with van der Waals surface area (Å²) in [5, 5.41) is 0. The van der Waals surface area contributed by atoms with Gasteiger partial charge in [-0.2, -0.15) is 8.78 Å². The Morgan fingerprint density at radius 1 is 0.519 bits per heavy atom. The molecule has 282 valence electrons. The molecule has 0 saturated carbocycles. The number of ether oxygens (including phenoxy) is 2. The topological polar surface area (TPSA) is 52.6 Å². The first-order valence-electron chi connectivity index (χ1n) is 16.6. The molecule has 0 bridgehead atoms. The van der Waals surface area contributed by atoms with Gasteiger partial charge in [0.05, 0.1) is 20.9 Å². The average molecular weight is 757 g/mol. The molecule has 4 nitrogen and oxygen atoms in total. The van der Waals surface area contributed by atoms with E-state index in [0.717, 1.165) is 25.0 Å². The first-order valence-corrected chi connectivity index (χ1v) is 18.0. The van der Waals surface area contributed by atoms with E-state index < -0.39 is 95.6 Å². The Balaban J connectivity index is 1.79. The van der Waals surface area contributed by atoms with Crippen molar-refractivity contribution in [3.05, 3.63) is 98.6 Å². The van der Waals surface area contributed by atoms with E-state index in [2.05, 4.69) is 0 Å². The monoisotopic (exact) mass is 756 g/mol. The van der Waals surface area contributed by atoms with Crippen molar-refractivity contribution in [2.75, 3.05) is 0 Å². The van der Waals surface area contributed by atoms with Crippen LogP contribution in [0.2, 0.25) is 0 Å². The first kappa shape index (κ1) is 40.6. The van der Waals surface area contributed by atoms with Crippen molar-refractivity contribution in [2.45, 2.75) is 109 Å². The molecule has 4 rings (SSSR count).